The minimum Gasteiger partial charge on any atom is -0.488 e. The van der Waals surface area contributed by atoms with E-state index in [0.717, 1.165) is 4.47 Å². The van der Waals surface area contributed by atoms with Crippen LogP contribution in [0.2, 0.25) is 5.02 Å². The fourth-order valence-electron chi connectivity index (χ4n) is 4.02. The number of methoxy groups -OCH3 is 1. The van der Waals surface area contributed by atoms with Gasteiger partial charge in [0.05, 0.1) is 29.6 Å². The summed E-state index contributed by atoms with van der Waals surface area (Å²) >= 11 is 9.72. The van der Waals surface area contributed by atoms with E-state index in [9.17, 15) is 14.4 Å². The molecule has 0 N–H and O–H groups in total. The number of amides is 1. The van der Waals surface area contributed by atoms with E-state index in [1.165, 1.54) is 18.1 Å². The number of esters is 1. The average Bonchev–Trinajstić information content (AvgIpc) is 3.22. The molecular weight excluding hydrogens is 554 g/mol. The van der Waals surface area contributed by atoms with Crippen molar-refractivity contribution in [3.05, 3.63) is 62.2 Å². The summed E-state index contributed by atoms with van der Waals surface area (Å²) in [6.07, 6.45) is -0.982. The zero-order valence-corrected chi connectivity index (χ0v) is 22.5. The third-order valence-electron chi connectivity index (χ3n) is 5.57. The number of hydrogen-bond acceptors (Lipinski definition) is 7. The first-order valence-electron chi connectivity index (χ1n) is 11.2. The van der Waals surface area contributed by atoms with Crippen molar-refractivity contribution in [2.75, 3.05) is 13.7 Å². The smallest absolute Gasteiger partial charge is 0.411 e. The van der Waals surface area contributed by atoms with E-state index in [-0.39, 0.29) is 29.7 Å². The predicted molar refractivity (Wildman–Crippen MR) is 138 cm³/mol. The summed E-state index contributed by atoms with van der Waals surface area (Å²) in [5.41, 5.74) is -0.186. The third-order valence-corrected chi connectivity index (χ3v) is 6.36. The Balaban J connectivity index is 1.68. The van der Waals surface area contributed by atoms with Crippen molar-refractivity contribution in [1.82, 2.24) is 4.90 Å². The molecule has 1 amide bonds. The summed E-state index contributed by atoms with van der Waals surface area (Å²) in [6.45, 7) is 5.35. The molecule has 10 heteroatoms. The molecule has 1 aliphatic rings. The van der Waals surface area contributed by atoms with Gasteiger partial charge in [-0.25, -0.2) is 9.59 Å². The number of halogens is 2. The third kappa shape index (κ3) is 5.52. The highest BCUT2D eigenvalue weighted by atomic mass is 79.9. The first-order chi connectivity index (χ1) is 17.0. The average molecular weight is 579 g/mol. The molecule has 2 aromatic carbocycles. The van der Waals surface area contributed by atoms with E-state index < -0.39 is 29.8 Å². The molecule has 0 spiro atoms. The molecule has 36 heavy (non-hydrogen) atoms. The summed E-state index contributed by atoms with van der Waals surface area (Å²) in [7, 11) is 1.27. The molecule has 0 radical (unpaired) electrons. The molecular formula is C26H25BrClNO7. The van der Waals surface area contributed by atoms with Gasteiger partial charge in [0.25, 0.3) is 0 Å². The molecule has 2 heterocycles. The largest absolute Gasteiger partial charge is 0.488 e. The Labute approximate surface area is 221 Å². The summed E-state index contributed by atoms with van der Waals surface area (Å²) in [4.78, 5) is 39.3. The number of para-hydroxylation sites is 1. The molecule has 0 bridgehead atoms. The van der Waals surface area contributed by atoms with Crippen molar-refractivity contribution in [1.29, 1.82) is 0 Å². The van der Waals surface area contributed by atoms with Gasteiger partial charge in [-0.1, -0.05) is 33.6 Å². The number of carbonyl (C=O) groups excluding carboxylic acids is 2. The van der Waals surface area contributed by atoms with Gasteiger partial charge in [0.1, 0.15) is 29.3 Å². The Hall–Kier alpha value is -3.04. The molecule has 1 unspecified atom stereocenters. The molecule has 4 rings (SSSR count). The summed E-state index contributed by atoms with van der Waals surface area (Å²) in [6, 6.07) is 10.8. The van der Waals surface area contributed by atoms with Crippen LogP contribution < -0.4 is 10.2 Å². The van der Waals surface area contributed by atoms with Crippen LogP contribution in [0.4, 0.5) is 4.79 Å². The van der Waals surface area contributed by atoms with E-state index in [4.69, 9.17) is 30.2 Å². The van der Waals surface area contributed by atoms with Crippen LogP contribution in [-0.2, 0) is 14.3 Å². The second kappa shape index (κ2) is 10.1. The van der Waals surface area contributed by atoms with Gasteiger partial charge in [0.15, 0.2) is 11.0 Å². The first kappa shape index (κ1) is 26.0. The highest BCUT2D eigenvalue weighted by molar-refractivity contribution is 9.10. The fourth-order valence-corrected chi connectivity index (χ4v) is 4.57. The van der Waals surface area contributed by atoms with Gasteiger partial charge < -0.3 is 18.6 Å². The number of benzene rings is 2. The van der Waals surface area contributed by atoms with Crippen LogP contribution in [0.15, 0.2) is 56.1 Å². The minimum atomic E-state index is -0.858. The monoisotopic (exact) mass is 577 g/mol. The van der Waals surface area contributed by atoms with Gasteiger partial charge in [-0.3, -0.25) is 9.69 Å². The van der Waals surface area contributed by atoms with Crippen molar-refractivity contribution < 1.29 is 28.2 Å². The number of nitrogens with zero attached hydrogens (tertiary/aromatic N) is 1. The van der Waals surface area contributed by atoms with Crippen LogP contribution in [0.5, 0.6) is 5.75 Å². The van der Waals surface area contributed by atoms with Gasteiger partial charge >= 0.3 is 12.1 Å². The Morgan fingerprint density at radius 3 is 2.61 bits per heavy atom. The van der Waals surface area contributed by atoms with Crippen molar-refractivity contribution in [2.45, 2.75) is 44.9 Å². The van der Waals surface area contributed by atoms with E-state index in [1.807, 2.05) is 0 Å². The van der Waals surface area contributed by atoms with Gasteiger partial charge in [-0.15, -0.1) is 0 Å². The van der Waals surface area contributed by atoms with Crippen LogP contribution in [0.25, 0.3) is 22.3 Å². The van der Waals surface area contributed by atoms with Crippen LogP contribution in [0.1, 0.15) is 27.2 Å². The van der Waals surface area contributed by atoms with Crippen LogP contribution in [0.3, 0.4) is 0 Å². The van der Waals surface area contributed by atoms with E-state index in [1.54, 1.807) is 57.2 Å². The van der Waals surface area contributed by atoms with Gasteiger partial charge in [0, 0.05) is 17.0 Å². The quantitative estimate of drug-likeness (QED) is 0.361. The number of hydrogen-bond donors (Lipinski definition) is 0. The second-order valence-corrected chi connectivity index (χ2v) is 10.7. The maximum Gasteiger partial charge on any atom is 0.411 e. The van der Waals surface area contributed by atoms with E-state index in [2.05, 4.69) is 15.9 Å². The topological polar surface area (TPSA) is 95.3 Å². The molecule has 1 fully saturated rings. The molecule has 0 saturated carbocycles. The molecule has 1 saturated heterocycles. The lowest BCUT2D eigenvalue weighted by atomic mass is 10.1. The molecule has 190 valence electrons. The Morgan fingerprint density at radius 2 is 1.92 bits per heavy atom. The molecule has 2 atom stereocenters. The van der Waals surface area contributed by atoms with Crippen LogP contribution >= 0.6 is 27.5 Å². The fraction of sp³-hybridized carbons (Fsp3) is 0.346. The number of carbonyl (C=O) groups is 2. The molecule has 1 aromatic heterocycles. The van der Waals surface area contributed by atoms with Crippen molar-refractivity contribution >= 4 is 50.6 Å². The van der Waals surface area contributed by atoms with Crippen LogP contribution in [0, 0.1) is 0 Å². The summed E-state index contributed by atoms with van der Waals surface area (Å²) < 4.78 is 23.4. The Kier molecular flexibility index (Phi) is 7.33. The van der Waals surface area contributed by atoms with Crippen LogP contribution in [-0.4, -0.2) is 48.4 Å². The normalized spacial score (nSPS) is 17.8. The highest BCUT2D eigenvalue weighted by Crippen LogP contribution is 2.36. The summed E-state index contributed by atoms with van der Waals surface area (Å²) in [5, 5.41) is 0.686. The number of rotatable bonds is 4. The number of fused-ring (bicyclic) bond motifs is 1. The van der Waals surface area contributed by atoms with Crippen molar-refractivity contribution in [3.63, 3.8) is 0 Å². The Bertz CT molecular complexity index is 1380. The van der Waals surface area contributed by atoms with Gasteiger partial charge in [-0.05, 0) is 51.1 Å². The molecule has 0 aliphatic carbocycles. The van der Waals surface area contributed by atoms with Crippen molar-refractivity contribution in [3.8, 4) is 17.1 Å². The maximum atomic E-state index is 12.8. The zero-order chi connectivity index (χ0) is 26.2. The molecule has 8 nitrogen and oxygen atoms in total. The number of ether oxygens (including phenoxy) is 3. The standard InChI is InChI=1S/C26H25BrClNO7/c1-26(2,3)36-25(32)29-13-15(11-19(29)24(31)33-4)34-21-10-14(27)8-9-17(21)22-12-20(30)16-6-5-7-18(28)23(16)35-22/h5-10,12,15,19H,11,13H2,1-4H3/t15?,19-/m0/s1. The minimum absolute atomic E-state index is 0.105. The lowest BCUT2D eigenvalue weighted by Gasteiger charge is -2.27. The lowest BCUT2D eigenvalue weighted by molar-refractivity contribution is -0.145. The zero-order valence-electron chi connectivity index (χ0n) is 20.2. The molecule has 3 aromatic rings. The number of likely N-dealkylation sites (tertiary alicyclic amines) is 1. The Morgan fingerprint density at radius 1 is 1.17 bits per heavy atom. The predicted octanol–water partition coefficient (Wildman–Crippen LogP) is 5.81. The lowest BCUT2D eigenvalue weighted by Crippen LogP contribution is -2.44. The highest BCUT2D eigenvalue weighted by Gasteiger charge is 2.43. The van der Waals surface area contributed by atoms with Gasteiger partial charge in [-0.2, -0.15) is 0 Å². The van der Waals surface area contributed by atoms with Gasteiger partial charge in [0.2, 0.25) is 0 Å². The second-order valence-electron chi connectivity index (χ2n) is 9.38. The molecule has 1 aliphatic heterocycles. The SMILES string of the molecule is COC(=O)[C@@H]1CC(Oc2cc(Br)ccc2-c2cc(=O)c3cccc(Cl)c3o2)CN1C(=O)OC(C)(C)C. The van der Waals surface area contributed by atoms with E-state index >= 15 is 0 Å². The summed E-state index contributed by atoms with van der Waals surface area (Å²) in [5.74, 6) is 0.116. The van der Waals surface area contributed by atoms with Crippen molar-refractivity contribution in [2.24, 2.45) is 0 Å². The maximum absolute atomic E-state index is 12.8. The first-order valence-corrected chi connectivity index (χ1v) is 12.4. The van der Waals surface area contributed by atoms with E-state index in [0.29, 0.717) is 21.7 Å².